The molecule has 0 saturated heterocycles. The van der Waals surface area contributed by atoms with Crippen LogP contribution in [0.2, 0.25) is 0 Å². The Bertz CT molecular complexity index is 443. The summed E-state index contributed by atoms with van der Waals surface area (Å²) < 4.78 is 59.5. The van der Waals surface area contributed by atoms with Crippen LogP contribution in [0.1, 0.15) is 12.5 Å². The third-order valence-electron chi connectivity index (χ3n) is 2.47. The molecule has 1 rings (SSSR count). The number of alkyl halides is 4. The van der Waals surface area contributed by atoms with Crippen LogP contribution < -0.4 is 14.8 Å². The Balaban J connectivity index is 2.69. The highest BCUT2D eigenvalue weighted by Crippen LogP contribution is 2.29. The van der Waals surface area contributed by atoms with Gasteiger partial charge in [0.05, 0.1) is 13.2 Å². The lowest BCUT2D eigenvalue weighted by Crippen LogP contribution is -2.35. The third-order valence-corrected chi connectivity index (χ3v) is 2.47. The molecule has 0 aliphatic rings. The summed E-state index contributed by atoms with van der Waals surface area (Å²) in [5, 5.41) is 10.9. The molecule has 8 heteroatoms. The topological polar surface area (TPSA) is 50.7 Å². The molecule has 0 radical (unpaired) electrons. The van der Waals surface area contributed by atoms with E-state index in [4.69, 9.17) is 9.84 Å². The third kappa shape index (κ3) is 6.17. The number of nitrogens with one attached hydrogen (secondary N) is 1. The summed E-state index contributed by atoms with van der Waals surface area (Å²) >= 11 is 0. The molecular formula is C13H17F4NO3. The maximum absolute atomic E-state index is 12.8. The summed E-state index contributed by atoms with van der Waals surface area (Å²) in [5.74, 6) is -3.20. The van der Waals surface area contributed by atoms with Crippen LogP contribution >= 0.6 is 0 Å². The first kappa shape index (κ1) is 17.5. The fraction of sp³-hybridized carbons (Fsp3) is 0.538. The Hall–Kier alpha value is -1.54. The van der Waals surface area contributed by atoms with Gasteiger partial charge >= 0.3 is 6.61 Å². The van der Waals surface area contributed by atoms with Gasteiger partial charge in [0.15, 0.2) is 11.5 Å². The number of hydrogen-bond acceptors (Lipinski definition) is 4. The number of hydrogen-bond donors (Lipinski definition) is 2. The largest absolute Gasteiger partial charge is 0.490 e. The lowest BCUT2D eigenvalue weighted by molar-refractivity contribution is -0.0515. The second kappa shape index (κ2) is 8.04. The summed E-state index contributed by atoms with van der Waals surface area (Å²) in [4.78, 5) is 0. The Labute approximate surface area is 119 Å². The van der Waals surface area contributed by atoms with E-state index in [1.54, 1.807) is 6.92 Å². The van der Waals surface area contributed by atoms with Crippen molar-refractivity contribution in [3.63, 3.8) is 0 Å². The highest BCUT2D eigenvalue weighted by atomic mass is 19.3. The second-order valence-electron chi connectivity index (χ2n) is 4.21. The lowest BCUT2D eigenvalue weighted by atomic mass is 10.2. The fourth-order valence-electron chi connectivity index (χ4n) is 1.57. The highest BCUT2D eigenvalue weighted by Gasteiger charge is 2.26. The van der Waals surface area contributed by atoms with E-state index in [1.165, 1.54) is 18.2 Å². The molecule has 0 spiro atoms. The standard InChI is InChI=1S/C13H17F4NO3/c1-2-20-11-5-9(3-4-10(11)21-12(14)15)6-18-7-13(16,17)8-19/h3-5,12,18-19H,2,6-8H2,1H3. The predicted octanol–water partition coefficient (Wildman–Crippen LogP) is 2.40. The van der Waals surface area contributed by atoms with Gasteiger partial charge in [0.1, 0.15) is 6.61 Å². The lowest BCUT2D eigenvalue weighted by Gasteiger charge is -2.15. The van der Waals surface area contributed by atoms with Crippen molar-refractivity contribution in [1.82, 2.24) is 5.32 Å². The molecule has 0 unspecified atom stereocenters. The van der Waals surface area contributed by atoms with Gasteiger partial charge in [-0.05, 0) is 24.6 Å². The van der Waals surface area contributed by atoms with Gasteiger partial charge in [-0.15, -0.1) is 0 Å². The highest BCUT2D eigenvalue weighted by molar-refractivity contribution is 5.43. The molecule has 1 aromatic carbocycles. The zero-order valence-corrected chi connectivity index (χ0v) is 11.4. The van der Waals surface area contributed by atoms with Gasteiger partial charge in [-0.2, -0.15) is 8.78 Å². The normalized spacial score (nSPS) is 11.8. The van der Waals surface area contributed by atoms with E-state index < -0.39 is 25.7 Å². The van der Waals surface area contributed by atoms with Crippen molar-refractivity contribution >= 4 is 0 Å². The smallest absolute Gasteiger partial charge is 0.387 e. The summed E-state index contributed by atoms with van der Waals surface area (Å²) in [7, 11) is 0. The molecule has 0 aliphatic carbocycles. The summed E-state index contributed by atoms with van der Waals surface area (Å²) in [6.07, 6.45) is 0. The molecule has 4 nitrogen and oxygen atoms in total. The van der Waals surface area contributed by atoms with Crippen molar-refractivity contribution in [3.05, 3.63) is 23.8 Å². The number of halogens is 4. The van der Waals surface area contributed by atoms with E-state index in [0.717, 1.165) is 0 Å². The molecule has 21 heavy (non-hydrogen) atoms. The van der Waals surface area contributed by atoms with E-state index in [9.17, 15) is 17.6 Å². The van der Waals surface area contributed by atoms with Gasteiger partial charge in [0.2, 0.25) is 0 Å². The number of aliphatic hydroxyl groups is 1. The molecule has 120 valence electrons. The zero-order chi connectivity index (χ0) is 15.9. The van der Waals surface area contributed by atoms with Crippen molar-refractivity contribution < 1.29 is 32.1 Å². The van der Waals surface area contributed by atoms with Gasteiger partial charge < -0.3 is 19.9 Å². The summed E-state index contributed by atoms with van der Waals surface area (Å²) in [6, 6.07) is 4.19. The molecule has 0 saturated carbocycles. The van der Waals surface area contributed by atoms with Crippen LogP contribution in [0.3, 0.4) is 0 Å². The van der Waals surface area contributed by atoms with Crippen molar-refractivity contribution in [3.8, 4) is 11.5 Å². The van der Waals surface area contributed by atoms with Gasteiger partial charge in [-0.25, -0.2) is 8.78 Å². The van der Waals surface area contributed by atoms with E-state index in [1.807, 2.05) is 0 Å². The number of aliphatic hydroxyl groups excluding tert-OH is 1. The van der Waals surface area contributed by atoms with Crippen LogP contribution in [0, 0.1) is 0 Å². The Kier molecular flexibility index (Phi) is 6.70. The number of rotatable bonds is 9. The van der Waals surface area contributed by atoms with Gasteiger partial charge in [0, 0.05) is 6.54 Å². The minimum absolute atomic E-state index is 0.0740. The number of ether oxygens (including phenoxy) is 2. The molecule has 0 amide bonds. The molecule has 0 heterocycles. The minimum atomic E-state index is -3.21. The summed E-state index contributed by atoms with van der Waals surface area (Å²) in [5.41, 5.74) is 0.564. The zero-order valence-electron chi connectivity index (χ0n) is 11.4. The molecule has 1 aromatic rings. The van der Waals surface area contributed by atoms with E-state index in [0.29, 0.717) is 5.56 Å². The Morgan fingerprint density at radius 3 is 2.57 bits per heavy atom. The van der Waals surface area contributed by atoms with Gasteiger partial charge in [0.25, 0.3) is 5.92 Å². The van der Waals surface area contributed by atoms with Crippen LogP contribution in [0.25, 0.3) is 0 Å². The first-order chi connectivity index (χ1) is 9.88. The van der Waals surface area contributed by atoms with E-state index >= 15 is 0 Å². The quantitative estimate of drug-likeness (QED) is 0.688. The monoisotopic (exact) mass is 311 g/mol. The van der Waals surface area contributed by atoms with Crippen LogP contribution in [0.4, 0.5) is 17.6 Å². The van der Waals surface area contributed by atoms with Crippen molar-refractivity contribution in [2.75, 3.05) is 19.8 Å². The molecule has 0 fully saturated rings. The minimum Gasteiger partial charge on any atom is -0.490 e. The van der Waals surface area contributed by atoms with E-state index in [2.05, 4.69) is 10.1 Å². The Morgan fingerprint density at radius 2 is 2.00 bits per heavy atom. The second-order valence-corrected chi connectivity index (χ2v) is 4.21. The van der Waals surface area contributed by atoms with Crippen molar-refractivity contribution in [1.29, 1.82) is 0 Å². The van der Waals surface area contributed by atoms with Crippen LogP contribution in [-0.4, -0.2) is 37.4 Å². The molecule has 0 aromatic heterocycles. The predicted molar refractivity (Wildman–Crippen MR) is 68.0 cm³/mol. The maximum Gasteiger partial charge on any atom is 0.387 e. The Morgan fingerprint density at radius 1 is 1.29 bits per heavy atom. The summed E-state index contributed by atoms with van der Waals surface area (Å²) in [6.45, 7) is -2.91. The molecule has 0 atom stereocenters. The average molecular weight is 311 g/mol. The first-order valence-electron chi connectivity index (χ1n) is 6.28. The molecular weight excluding hydrogens is 294 g/mol. The van der Waals surface area contributed by atoms with E-state index in [-0.39, 0.29) is 24.7 Å². The van der Waals surface area contributed by atoms with Crippen LogP contribution in [0.15, 0.2) is 18.2 Å². The molecule has 0 aliphatic heterocycles. The number of benzene rings is 1. The first-order valence-corrected chi connectivity index (χ1v) is 6.28. The van der Waals surface area contributed by atoms with Crippen LogP contribution in [0.5, 0.6) is 11.5 Å². The maximum atomic E-state index is 12.8. The van der Waals surface area contributed by atoms with Gasteiger partial charge in [-0.1, -0.05) is 6.07 Å². The van der Waals surface area contributed by atoms with Crippen LogP contribution in [-0.2, 0) is 6.54 Å². The average Bonchev–Trinajstić information content (AvgIpc) is 2.41. The SMILES string of the molecule is CCOc1cc(CNCC(F)(F)CO)ccc1OC(F)F. The van der Waals surface area contributed by atoms with Gasteiger partial charge in [-0.3, -0.25) is 0 Å². The molecule has 2 N–H and O–H groups in total. The molecule has 0 bridgehead atoms. The fourth-order valence-corrected chi connectivity index (χ4v) is 1.57. The van der Waals surface area contributed by atoms with Crippen molar-refractivity contribution in [2.45, 2.75) is 26.0 Å². The van der Waals surface area contributed by atoms with Crippen molar-refractivity contribution in [2.24, 2.45) is 0 Å².